The first-order valence-corrected chi connectivity index (χ1v) is 2.41. The van der Waals surface area contributed by atoms with Gasteiger partial charge in [-0.3, -0.25) is 0 Å². The number of hydrogen-bond acceptors (Lipinski definition) is 0. The zero-order chi connectivity index (χ0) is 5.11. The first-order chi connectivity index (χ1) is 3.39. The van der Waals surface area contributed by atoms with Crippen molar-refractivity contribution in [3.05, 3.63) is 30.3 Å². The van der Waals surface area contributed by atoms with Crippen molar-refractivity contribution in [3.8, 4) is 0 Å². The van der Waals surface area contributed by atoms with Gasteiger partial charge in [-0.15, -0.1) is 0 Å². The van der Waals surface area contributed by atoms with Crippen LogP contribution in [0, 0.1) is 0 Å². The summed E-state index contributed by atoms with van der Waals surface area (Å²) in [7, 11) is 2.08. The van der Waals surface area contributed by atoms with E-state index in [9.17, 15) is 0 Å². The first-order valence-electron chi connectivity index (χ1n) is 2.41. The van der Waals surface area contributed by atoms with E-state index in [0.717, 1.165) is 0 Å². The van der Waals surface area contributed by atoms with Crippen molar-refractivity contribution in [1.29, 1.82) is 0 Å². The van der Waals surface area contributed by atoms with E-state index in [4.69, 9.17) is 0 Å². The van der Waals surface area contributed by atoms with Crippen LogP contribution in [0.3, 0.4) is 0 Å². The van der Waals surface area contributed by atoms with Gasteiger partial charge in [0.1, 0.15) is 7.85 Å². The second-order valence-electron chi connectivity index (χ2n) is 1.65. The Balaban J connectivity index is -0.000000163. The van der Waals surface area contributed by atoms with Crippen molar-refractivity contribution in [3.63, 3.8) is 0 Å². The zero-order valence-electron chi connectivity index (χ0n) is 5.39. The standard InChI is InChI=1S/C6H7B.K.2H2O.H/c7-6-4-2-1-3-5-6;;;;/h1-5H,7H2;;2*1H2;. The summed E-state index contributed by atoms with van der Waals surface area (Å²) in [5.74, 6) is 0. The van der Waals surface area contributed by atoms with Crippen LogP contribution in [0.1, 0.15) is 0 Å². The predicted octanol–water partition coefficient (Wildman–Crippen LogP) is -2.35. The number of benzene rings is 1. The molecular formula is C6H12BKO2. The second kappa shape index (κ2) is 9.84. The molecule has 1 rings (SSSR count). The first kappa shape index (κ1) is 17.1. The van der Waals surface area contributed by atoms with Crippen LogP contribution in [-0.2, 0) is 0 Å². The summed E-state index contributed by atoms with van der Waals surface area (Å²) in [5.41, 5.74) is 1.32. The molecule has 4 heteroatoms. The van der Waals surface area contributed by atoms with E-state index in [0.29, 0.717) is 0 Å². The van der Waals surface area contributed by atoms with Gasteiger partial charge in [-0.1, -0.05) is 35.8 Å². The summed E-state index contributed by atoms with van der Waals surface area (Å²) in [4.78, 5) is 0. The third-order valence-corrected chi connectivity index (χ3v) is 0.940. The topological polar surface area (TPSA) is 63.0 Å². The molecule has 0 spiro atoms. The summed E-state index contributed by atoms with van der Waals surface area (Å²) < 4.78 is 0. The molecule has 0 aliphatic heterocycles. The molecule has 0 amide bonds. The van der Waals surface area contributed by atoms with Crippen LogP contribution in [0.25, 0.3) is 0 Å². The molecule has 0 unspecified atom stereocenters. The van der Waals surface area contributed by atoms with Gasteiger partial charge in [0.25, 0.3) is 0 Å². The molecule has 52 valence electrons. The molecule has 0 saturated heterocycles. The van der Waals surface area contributed by atoms with E-state index in [2.05, 4.69) is 20.0 Å². The summed E-state index contributed by atoms with van der Waals surface area (Å²) in [6.07, 6.45) is 0. The molecule has 4 N–H and O–H groups in total. The van der Waals surface area contributed by atoms with Crippen LogP contribution >= 0.6 is 0 Å². The van der Waals surface area contributed by atoms with Gasteiger partial charge in [-0.25, -0.2) is 0 Å². The molecule has 1 aromatic carbocycles. The van der Waals surface area contributed by atoms with Gasteiger partial charge in [0.15, 0.2) is 0 Å². The molecule has 0 aliphatic carbocycles. The minimum absolute atomic E-state index is 0. The Hall–Kier alpha value is 0.841. The van der Waals surface area contributed by atoms with Crippen molar-refractivity contribution in [2.75, 3.05) is 0 Å². The van der Waals surface area contributed by atoms with E-state index in [1.165, 1.54) is 5.46 Å². The summed E-state index contributed by atoms with van der Waals surface area (Å²) in [6.45, 7) is 0. The van der Waals surface area contributed by atoms with Crippen molar-refractivity contribution < 1.29 is 11.0 Å². The zero-order valence-corrected chi connectivity index (χ0v) is 5.39. The molecule has 10 heavy (non-hydrogen) atoms. The van der Waals surface area contributed by atoms with Gasteiger partial charge in [0.05, 0.1) is 0 Å². The van der Waals surface area contributed by atoms with Crippen molar-refractivity contribution in [1.82, 2.24) is 0 Å². The molecule has 0 heterocycles. The van der Waals surface area contributed by atoms with Crippen LogP contribution < -0.4 is 5.46 Å². The molecule has 0 aromatic heterocycles. The fraction of sp³-hybridized carbons (Fsp3) is 0. The molecule has 0 bridgehead atoms. The van der Waals surface area contributed by atoms with E-state index in [-0.39, 0.29) is 62.3 Å². The third kappa shape index (κ3) is 6.95. The Morgan fingerprint density at radius 1 is 0.900 bits per heavy atom. The quantitative estimate of drug-likeness (QED) is 0.387. The van der Waals surface area contributed by atoms with Crippen LogP contribution in [0.2, 0.25) is 0 Å². The average Bonchev–Trinajstić information content (AvgIpc) is 1.69. The number of hydrogen-bond donors (Lipinski definition) is 0. The van der Waals surface area contributed by atoms with E-state index in [1.54, 1.807) is 0 Å². The van der Waals surface area contributed by atoms with Crippen molar-refractivity contribution in [2.24, 2.45) is 0 Å². The van der Waals surface area contributed by atoms with Crippen LogP contribution in [-0.4, -0.2) is 70.2 Å². The molecule has 0 fully saturated rings. The summed E-state index contributed by atoms with van der Waals surface area (Å²) in [6, 6.07) is 10.3. The Kier molecular flexibility index (Phi) is 16.8. The Morgan fingerprint density at radius 3 is 1.50 bits per heavy atom. The van der Waals surface area contributed by atoms with Crippen LogP contribution in [0.5, 0.6) is 0 Å². The summed E-state index contributed by atoms with van der Waals surface area (Å²) >= 11 is 0. The number of rotatable bonds is 0. The van der Waals surface area contributed by atoms with E-state index in [1.807, 2.05) is 18.2 Å². The third-order valence-electron chi connectivity index (χ3n) is 0.940. The van der Waals surface area contributed by atoms with Crippen LogP contribution in [0.4, 0.5) is 0 Å². The van der Waals surface area contributed by atoms with Gasteiger partial charge in [-0.2, -0.15) is 0 Å². The van der Waals surface area contributed by atoms with Crippen molar-refractivity contribution in [2.45, 2.75) is 0 Å². The normalized spacial score (nSPS) is 6.00. The van der Waals surface area contributed by atoms with E-state index >= 15 is 0 Å². The van der Waals surface area contributed by atoms with E-state index < -0.39 is 0 Å². The van der Waals surface area contributed by atoms with Crippen LogP contribution in [0.15, 0.2) is 30.3 Å². The Bertz CT molecular complexity index is 146. The van der Waals surface area contributed by atoms with Crippen molar-refractivity contribution >= 4 is 64.7 Å². The molecular weight excluding hydrogens is 154 g/mol. The molecule has 0 radical (unpaired) electrons. The SMILES string of the molecule is Bc1ccccc1.O.O.[KH]. The fourth-order valence-corrected chi connectivity index (χ4v) is 0.534. The van der Waals surface area contributed by atoms with Gasteiger partial charge in [0, 0.05) is 0 Å². The van der Waals surface area contributed by atoms with Gasteiger partial charge in [0.2, 0.25) is 0 Å². The molecule has 0 saturated carbocycles. The minimum atomic E-state index is 0. The molecule has 0 aliphatic rings. The maximum absolute atomic E-state index is 2.08. The Morgan fingerprint density at radius 2 is 1.30 bits per heavy atom. The predicted molar refractivity (Wildman–Crippen MR) is 49.0 cm³/mol. The monoisotopic (exact) mass is 166 g/mol. The second-order valence-corrected chi connectivity index (χ2v) is 1.65. The maximum atomic E-state index is 2.08. The summed E-state index contributed by atoms with van der Waals surface area (Å²) in [5, 5.41) is 0. The van der Waals surface area contributed by atoms with Gasteiger partial charge < -0.3 is 11.0 Å². The average molecular weight is 166 g/mol. The van der Waals surface area contributed by atoms with Gasteiger partial charge >= 0.3 is 51.4 Å². The molecule has 0 atom stereocenters. The molecule has 1 aromatic rings. The molecule has 2 nitrogen and oxygen atoms in total. The fourth-order valence-electron chi connectivity index (χ4n) is 0.534. The van der Waals surface area contributed by atoms with Gasteiger partial charge in [-0.05, 0) is 0 Å². The Labute approximate surface area is 104 Å².